The van der Waals surface area contributed by atoms with Gasteiger partial charge in [0.25, 0.3) is 0 Å². The number of aliphatic hydroxyl groups is 1. The van der Waals surface area contributed by atoms with Crippen LogP contribution in [-0.4, -0.2) is 78.9 Å². The monoisotopic (exact) mass is 291 g/mol. The maximum absolute atomic E-state index is 11.6. The molecule has 0 aromatic heterocycles. The van der Waals surface area contributed by atoms with Crippen molar-refractivity contribution < 1.29 is 33.8 Å². The average molecular weight is 291 g/mol. The van der Waals surface area contributed by atoms with Crippen LogP contribution in [0, 0.1) is 5.92 Å². The number of Topliss-reactive ketones (excluding diaryl/α,β-unsaturated/α-hetero) is 1. The van der Waals surface area contributed by atoms with Crippen LogP contribution in [0.3, 0.4) is 0 Å². The lowest BCUT2D eigenvalue weighted by Crippen LogP contribution is -2.51. The highest BCUT2D eigenvalue weighted by Crippen LogP contribution is 2.14. The van der Waals surface area contributed by atoms with Gasteiger partial charge >= 0.3 is 11.9 Å². The normalized spacial score (nSPS) is 16.1. The number of ketones is 1. The summed E-state index contributed by atoms with van der Waals surface area (Å²) in [6, 6.07) is -1.26. The molecule has 0 heterocycles. The Morgan fingerprint density at radius 2 is 1.75 bits per heavy atom. The van der Waals surface area contributed by atoms with E-state index in [0.29, 0.717) is 4.48 Å². The third-order valence-electron chi connectivity index (χ3n) is 2.57. The Morgan fingerprint density at radius 3 is 2.05 bits per heavy atom. The topological polar surface area (TPSA) is 127 Å². The van der Waals surface area contributed by atoms with E-state index in [0.717, 1.165) is 6.92 Å². The molecule has 20 heavy (non-hydrogen) atoms. The predicted octanol–water partition coefficient (Wildman–Crippen LogP) is -1.79. The van der Waals surface area contributed by atoms with E-state index in [2.05, 4.69) is 0 Å². The predicted molar refractivity (Wildman–Crippen MR) is 69.6 cm³/mol. The number of rotatable bonds is 8. The molecule has 0 bridgehead atoms. The fourth-order valence-electron chi connectivity index (χ4n) is 1.66. The zero-order valence-corrected chi connectivity index (χ0v) is 12.2. The van der Waals surface area contributed by atoms with E-state index in [1.165, 1.54) is 0 Å². The van der Waals surface area contributed by atoms with Crippen LogP contribution >= 0.6 is 0 Å². The quantitative estimate of drug-likeness (QED) is 0.274. The summed E-state index contributed by atoms with van der Waals surface area (Å²) in [6.45, 7) is 0.634. The number of carbonyl (C=O) groups is 3. The zero-order valence-electron chi connectivity index (χ0n) is 12.2. The molecule has 8 nitrogen and oxygen atoms in total. The largest absolute Gasteiger partial charge is 0.481 e. The minimum absolute atomic E-state index is 0.125. The average Bonchev–Trinajstić information content (AvgIpc) is 2.24. The third-order valence-corrected chi connectivity index (χ3v) is 2.57. The number of hydrogen-bond donors (Lipinski definition) is 3. The van der Waals surface area contributed by atoms with Crippen molar-refractivity contribution >= 4 is 17.7 Å². The van der Waals surface area contributed by atoms with Crippen LogP contribution in [0.15, 0.2) is 0 Å². The molecule has 0 radical (unpaired) electrons. The molecule has 0 aromatic rings. The van der Waals surface area contributed by atoms with Gasteiger partial charge in [0.1, 0.15) is 18.4 Å². The molecule has 0 fully saturated rings. The van der Waals surface area contributed by atoms with E-state index in [1.807, 2.05) is 0 Å². The van der Waals surface area contributed by atoms with Crippen LogP contribution in [0.1, 0.15) is 6.92 Å². The molecule has 3 atom stereocenters. The fraction of sp³-hybridized carbons (Fsp3) is 0.750. The summed E-state index contributed by atoms with van der Waals surface area (Å²) in [5, 5.41) is 17.9. The Bertz CT molecular complexity index is 363. The molecule has 0 amide bonds. The summed E-state index contributed by atoms with van der Waals surface area (Å²) < 4.78 is 5.32. The Morgan fingerprint density at radius 1 is 1.25 bits per heavy atom. The van der Waals surface area contributed by atoms with Crippen LogP contribution in [0.5, 0.6) is 0 Å². The first kappa shape index (κ1) is 18.5. The molecular weight excluding hydrogens is 268 g/mol. The number of hydrogen-bond acceptors (Lipinski definition) is 6. The van der Waals surface area contributed by atoms with Gasteiger partial charge in [0.15, 0.2) is 12.0 Å². The van der Waals surface area contributed by atoms with Crippen LogP contribution in [0.25, 0.3) is 0 Å². The second-order valence-electron chi connectivity index (χ2n) is 5.66. The van der Waals surface area contributed by atoms with Gasteiger partial charge in [-0.25, -0.2) is 0 Å². The number of likely N-dealkylation sites (N-methyl/N-ethyl adjacent to an activating group) is 1. The molecule has 8 heteroatoms. The number of quaternary nitrogens is 1. The van der Waals surface area contributed by atoms with Crippen molar-refractivity contribution in [1.29, 1.82) is 0 Å². The smallest absolute Gasteiger partial charge is 0.325 e. The number of esters is 1. The molecule has 0 spiro atoms. The number of carbonyl (C=O) groups excluding carboxylic acids is 2. The Hall–Kier alpha value is -1.51. The van der Waals surface area contributed by atoms with Crippen LogP contribution in [0.2, 0.25) is 0 Å². The van der Waals surface area contributed by atoms with Crippen molar-refractivity contribution in [3.8, 4) is 0 Å². The molecule has 0 saturated heterocycles. The molecule has 0 aliphatic heterocycles. The number of nitrogens with zero attached hydrogens (tertiary/aromatic N) is 1. The molecule has 0 aromatic carbocycles. The van der Waals surface area contributed by atoms with Crippen molar-refractivity contribution in [1.82, 2.24) is 0 Å². The van der Waals surface area contributed by atoms with Crippen LogP contribution in [0.4, 0.5) is 0 Å². The molecule has 0 saturated carbocycles. The highest BCUT2D eigenvalue weighted by atomic mass is 16.5. The highest BCUT2D eigenvalue weighted by molar-refractivity contribution is 5.97. The Kier molecular flexibility index (Phi) is 6.77. The number of carboxylic acids is 1. The second kappa shape index (κ2) is 7.32. The summed E-state index contributed by atoms with van der Waals surface area (Å²) in [4.78, 5) is 34.3. The molecular formula is C12H23N2O6+. The maximum Gasteiger partial charge on any atom is 0.325 e. The molecule has 2 unspecified atom stereocenters. The molecule has 116 valence electrons. The lowest BCUT2D eigenvalue weighted by molar-refractivity contribution is -0.873. The van der Waals surface area contributed by atoms with E-state index < -0.39 is 42.4 Å². The van der Waals surface area contributed by atoms with Gasteiger partial charge in [-0.3, -0.25) is 14.4 Å². The van der Waals surface area contributed by atoms with Gasteiger partial charge in [0.2, 0.25) is 0 Å². The molecule has 0 aliphatic carbocycles. The summed E-state index contributed by atoms with van der Waals surface area (Å²) in [5.41, 5.74) is 5.32. The van der Waals surface area contributed by atoms with Gasteiger partial charge in [-0.05, 0) is 6.92 Å². The minimum atomic E-state index is -1.46. The summed E-state index contributed by atoms with van der Waals surface area (Å²) in [5.74, 6) is -4.36. The lowest BCUT2D eigenvalue weighted by atomic mass is 9.97. The van der Waals surface area contributed by atoms with E-state index in [1.54, 1.807) is 21.1 Å². The highest BCUT2D eigenvalue weighted by Gasteiger charge is 2.39. The van der Waals surface area contributed by atoms with Gasteiger partial charge in [-0.2, -0.15) is 0 Å². The summed E-state index contributed by atoms with van der Waals surface area (Å²) >= 11 is 0. The first-order chi connectivity index (χ1) is 8.99. The second-order valence-corrected chi connectivity index (χ2v) is 5.66. The van der Waals surface area contributed by atoms with E-state index in [4.69, 9.17) is 20.7 Å². The van der Waals surface area contributed by atoms with Crippen molar-refractivity contribution in [3.05, 3.63) is 0 Å². The van der Waals surface area contributed by atoms with Crippen molar-refractivity contribution in [2.24, 2.45) is 11.7 Å². The van der Waals surface area contributed by atoms with E-state index in [9.17, 15) is 14.4 Å². The van der Waals surface area contributed by atoms with Crippen molar-refractivity contribution in [2.45, 2.75) is 19.1 Å². The molecule has 0 aliphatic rings. The summed E-state index contributed by atoms with van der Waals surface area (Å²) in [6.07, 6.45) is -1.14. The number of nitrogens with two attached hydrogens (primary N) is 1. The molecule has 4 N–H and O–H groups in total. The van der Waals surface area contributed by atoms with Crippen LogP contribution < -0.4 is 5.73 Å². The van der Waals surface area contributed by atoms with Crippen molar-refractivity contribution in [2.75, 3.05) is 34.3 Å². The standard InChI is InChI=1S/C12H22N2O6/c1-7(16)10(11(17)18)9(5-14(2,3)4)20-12(19)8(13)6-15/h8-10,15H,5-6,13H2,1-4H3/p+1/t8-,9?,10?/m0/s1. The third kappa shape index (κ3) is 6.09. The zero-order chi connectivity index (χ0) is 16.1. The van der Waals surface area contributed by atoms with Gasteiger partial charge in [0, 0.05) is 0 Å². The Balaban J connectivity index is 5.21. The SMILES string of the molecule is CC(=O)C(C(=O)O)C(C[N+](C)(C)C)OC(=O)[C@@H](N)CO. The first-order valence-corrected chi connectivity index (χ1v) is 6.10. The number of carboxylic acid groups (broad SMARTS) is 1. The van der Waals surface area contributed by atoms with Crippen LogP contribution in [-0.2, 0) is 19.1 Å². The van der Waals surface area contributed by atoms with Gasteiger partial charge in [-0.1, -0.05) is 0 Å². The number of aliphatic hydroxyl groups excluding tert-OH is 1. The van der Waals surface area contributed by atoms with E-state index >= 15 is 0 Å². The fourth-order valence-corrected chi connectivity index (χ4v) is 1.66. The number of ether oxygens (including phenoxy) is 1. The van der Waals surface area contributed by atoms with Gasteiger partial charge < -0.3 is 25.2 Å². The van der Waals surface area contributed by atoms with Gasteiger partial charge in [0.05, 0.1) is 27.7 Å². The Labute approximate surface area is 117 Å². The lowest BCUT2D eigenvalue weighted by Gasteiger charge is -2.31. The van der Waals surface area contributed by atoms with Crippen molar-refractivity contribution in [3.63, 3.8) is 0 Å². The maximum atomic E-state index is 11.6. The minimum Gasteiger partial charge on any atom is -0.481 e. The summed E-state index contributed by atoms with van der Waals surface area (Å²) in [7, 11) is 5.31. The molecule has 0 rings (SSSR count). The van der Waals surface area contributed by atoms with E-state index in [-0.39, 0.29) is 6.54 Å². The first-order valence-electron chi connectivity index (χ1n) is 6.10. The van der Waals surface area contributed by atoms with Gasteiger partial charge in [-0.15, -0.1) is 0 Å². The number of aliphatic carboxylic acids is 1.